The Labute approximate surface area is 448 Å². The summed E-state index contributed by atoms with van der Waals surface area (Å²) in [6, 6.07) is 3.16. The van der Waals surface area contributed by atoms with Gasteiger partial charge in [-0.05, 0) is 93.5 Å². The lowest BCUT2D eigenvalue weighted by Crippen LogP contribution is -2.61. The molecule has 22 nitrogen and oxygen atoms in total. The number of carbonyl (C=O) groups is 3. The van der Waals surface area contributed by atoms with Crippen molar-refractivity contribution in [2.75, 3.05) is 46.7 Å². The molecule has 6 rings (SSSR count). The SMILES string of the molecule is CC[C@H]1OC(=O)[C@H](C)[C@@H](O[C@H]2C[C@@](C)(OC)[C@@H](OC(=O)CCNCCSc3cc4c5c(c3)c(=O)c(C(=O)O)cn5CCCO4)[C@H](C)O2)[C@H](C)[C@@H](O[C@@H]2O[C@H](C)C[C@H](N(C)C)[C@H]2O)[C@](C)(O)C[C@@H](C)/C(=N\O)[C@@H](O)[C@]1(C)O. The van der Waals surface area contributed by atoms with E-state index in [1.807, 2.05) is 32.0 Å². The van der Waals surface area contributed by atoms with Crippen LogP contribution in [0.25, 0.3) is 10.9 Å². The predicted octanol–water partition coefficient (Wildman–Crippen LogP) is 3.53. The van der Waals surface area contributed by atoms with Crippen LogP contribution in [-0.4, -0.2) is 195 Å². The molecule has 0 spiro atoms. The molecule has 428 valence electrons. The van der Waals surface area contributed by atoms with Gasteiger partial charge in [-0.25, -0.2) is 4.79 Å². The zero-order valence-electron chi connectivity index (χ0n) is 45.9. The zero-order valence-corrected chi connectivity index (χ0v) is 46.7. The first kappa shape index (κ1) is 61.2. The van der Waals surface area contributed by atoms with E-state index >= 15 is 0 Å². The van der Waals surface area contributed by atoms with Crippen LogP contribution < -0.4 is 15.5 Å². The Hall–Kier alpha value is -3.98. The highest BCUT2D eigenvalue weighted by atomic mass is 32.2. The molecular weight excluding hydrogens is 1010 g/mol. The quantitative estimate of drug-likeness (QED) is 0.0416. The van der Waals surface area contributed by atoms with Gasteiger partial charge in [-0.2, -0.15) is 0 Å². The summed E-state index contributed by atoms with van der Waals surface area (Å²) >= 11 is 1.45. The molecular formula is C53H82N4O18S. The number of oxime groups is 1. The number of likely N-dealkylation sites (N-methyl/N-ethyl adjacent to an activating group) is 1. The minimum atomic E-state index is -2.16. The van der Waals surface area contributed by atoms with Crippen molar-refractivity contribution in [2.24, 2.45) is 22.9 Å². The van der Waals surface area contributed by atoms with Crippen LogP contribution in [0.2, 0.25) is 0 Å². The molecule has 0 radical (unpaired) electrons. The molecule has 0 saturated carbocycles. The molecule has 4 aliphatic rings. The largest absolute Gasteiger partial charge is 0.491 e. The Kier molecular flexibility index (Phi) is 20.5. The number of benzene rings is 1. The number of carbonyl (C=O) groups excluding carboxylic acids is 2. The predicted molar refractivity (Wildman–Crippen MR) is 279 cm³/mol. The molecule has 0 aliphatic carbocycles. The van der Waals surface area contributed by atoms with Gasteiger partial charge in [-0.15, -0.1) is 11.8 Å². The van der Waals surface area contributed by atoms with Crippen LogP contribution in [0.5, 0.6) is 5.75 Å². The van der Waals surface area contributed by atoms with E-state index in [9.17, 15) is 49.9 Å². The number of aliphatic hydroxyl groups is 4. The van der Waals surface area contributed by atoms with Crippen molar-refractivity contribution in [3.63, 3.8) is 0 Å². The number of hydrogen-bond donors (Lipinski definition) is 7. The monoisotopic (exact) mass is 1090 g/mol. The first-order valence-corrected chi connectivity index (χ1v) is 27.3. The summed E-state index contributed by atoms with van der Waals surface area (Å²) in [5.74, 6) is -4.56. The standard InChI is InChI=1S/C53H82N4O18S/c1-13-37-53(9,66)45(61)40(55-67)27(2)24-51(7,65)46(75-50-43(60)35(56(10)11)21-28(3)70-50)29(4)44(30(5)49(64)72-37)74-39-25-52(8,68-12)47(31(6)71-39)73-38(58)15-16-54-17-20-76-32-22-33-41-36(23-32)69-19-14-18-57(41)26-34(42(33)59)48(62)63/h22-23,26-31,35,37,39,43-47,50,54,60-61,65-67H,13-21,24-25H2,1-12H3,(H,62,63)/b55-40+/t27-,28-,29+,30-,31+,35+,37-,39+,43-,44+,45-,46-,47+,50+,51-,52-,53-/m1/s1. The van der Waals surface area contributed by atoms with E-state index in [1.165, 1.54) is 38.9 Å². The molecule has 4 aliphatic heterocycles. The van der Waals surface area contributed by atoms with Gasteiger partial charge in [0.05, 0.1) is 65.6 Å². The maximum Gasteiger partial charge on any atom is 0.341 e. The molecule has 0 bridgehead atoms. The van der Waals surface area contributed by atoms with Gasteiger partial charge in [0.25, 0.3) is 0 Å². The van der Waals surface area contributed by atoms with Crippen molar-refractivity contribution in [3.05, 3.63) is 34.1 Å². The number of carboxylic acid groups (broad SMARTS) is 1. The van der Waals surface area contributed by atoms with E-state index in [-0.39, 0.29) is 61.0 Å². The minimum absolute atomic E-state index is 0.0000200. The maximum atomic E-state index is 14.4. The van der Waals surface area contributed by atoms with Gasteiger partial charge in [0.15, 0.2) is 18.7 Å². The van der Waals surface area contributed by atoms with Crippen molar-refractivity contribution in [2.45, 2.75) is 197 Å². The average Bonchev–Trinajstić information content (AvgIpc) is 3.56. The molecule has 1 aromatic heterocycles. The van der Waals surface area contributed by atoms with Gasteiger partial charge in [0.1, 0.15) is 40.8 Å². The third kappa shape index (κ3) is 13.5. The van der Waals surface area contributed by atoms with Crippen LogP contribution in [-0.2, 0) is 49.3 Å². The molecule has 76 heavy (non-hydrogen) atoms. The minimum Gasteiger partial charge on any atom is -0.491 e. The third-order valence-electron chi connectivity index (χ3n) is 15.7. The van der Waals surface area contributed by atoms with Gasteiger partial charge in [0.2, 0.25) is 5.43 Å². The summed E-state index contributed by atoms with van der Waals surface area (Å²) in [6.45, 7) is 16.3. The molecule has 23 heteroatoms. The number of nitrogens with one attached hydrogen (secondary N) is 1. The van der Waals surface area contributed by atoms with E-state index in [0.29, 0.717) is 49.6 Å². The third-order valence-corrected chi connectivity index (χ3v) is 16.7. The number of aromatic carboxylic acids is 1. The molecule has 0 unspecified atom stereocenters. The second-order valence-electron chi connectivity index (χ2n) is 22.0. The topological polar surface area (TPSA) is 296 Å². The number of aryl methyl sites for hydroxylation is 1. The van der Waals surface area contributed by atoms with Gasteiger partial charge >= 0.3 is 17.9 Å². The summed E-state index contributed by atoms with van der Waals surface area (Å²) in [6.07, 6.45) is -8.89. The van der Waals surface area contributed by atoms with Gasteiger partial charge in [-0.1, -0.05) is 25.9 Å². The number of nitrogens with zero attached hydrogens (tertiary/aromatic N) is 3. The van der Waals surface area contributed by atoms with Crippen LogP contribution in [0.4, 0.5) is 0 Å². The number of esters is 2. The number of aromatic nitrogens is 1. The summed E-state index contributed by atoms with van der Waals surface area (Å²) in [4.78, 5) is 55.5. The smallest absolute Gasteiger partial charge is 0.341 e. The number of aliphatic hydroxyl groups excluding tert-OH is 2. The zero-order chi connectivity index (χ0) is 56.2. The Morgan fingerprint density at radius 1 is 1.00 bits per heavy atom. The number of thioether (sulfide) groups is 1. The summed E-state index contributed by atoms with van der Waals surface area (Å²) in [5.41, 5.74) is -5.80. The Morgan fingerprint density at radius 3 is 2.36 bits per heavy atom. The molecule has 1 aromatic carbocycles. The highest BCUT2D eigenvalue weighted by molar-refractivity contribution is 7.99. The summed E-state index contributed by atoms with van der Waals surface area (Å²) in [5, 5.41) is 74.6. The molecule has 3 fully saturated rings. The first-order valence-electron chi connectivity index (χ1n) is 26.4. The Morgan fingerprint density at radius 2 is 1.71 bits per heavy atom. The fraction of sp³-hybridized carbons (Fsp3) is 0.755. The molecule has 17 atom stereocenters. The number of ether oxygens (including phenoxy) is 8. The second kappa shape index (κ2) is 25.4. The van der Waals surface area contributed by atoms with Crippen molar-refractivity contribution in [3.8, 4) is 5.75 Å². The van der Waals surface area contributed by atoms with Crippen molar-refractivity contribution < 1.29 is 83.0 Å². The number of hydrogen-bond acceptors (Lipinski definition) is 21. The lowest BCUT2D eigenvalue weighted by molar-refractivity contribution is -0.318. The van der Waals surface area contributed by atoms with Crippen LogP contribution in [0, 0.1) is 17.8 Å². The Balaban J connectivity index is 1.17. The number of pyridine rings is 1. The molecule has 2 aromatic rings. The maximum absolute atomic E-state index is 14.4. The lowest BCUT2D eigenvalue weighted by Gasteiger charge is -2.49. The average molecular weight is 1100 g/mol. The van der Waals surface area contributed by atoms with E-state index in [2.05, 4.69) is 10.5 Å². The summed E-state index contributed by atoms with van der Waals surface area (Å²) in [7, 11) is 5.13. The van der Waals surface area contributed by atoms with Crippen molar-refractivity contribution in [1.29, 1.82) is 0 Å². The van der Waals surface area contributed by atoms with Gasteiger partial charge in [0, 0.05) is 67.9 Å². The number of rotatable bonds is 16. The molecule has 3 saturated heterocycles. The normalized spacial score (nSPS) is 37.3. The van der Waals surface area contributed by atoms with Gasteiger partial charge in [-0.3, -0.25) is 14.4 Å². The molecule has 5 heterocycles. The number of cyclic esters (lactones) is 1. The van der Waals surface area contributed by atoms with Crippen molar-refractivity contribution >= 4 is 46.3 Å². The van der Waals surface area contributed by atoms with Crippen LogP contribution in [0.3, 0.4) is 0 Å². The number of carboxylic acids is 1. The van der Waals surface area contributed by atoms with E-state index < -0.39 is 113 Å². The molecule has 0 amide bonds. The number of methoxy groups -OCH3 is 1. The highest BCUT2D eigenvalue weighted by Gasteiger charge is 2.54. The first-order chi connectivity index (χ1) is 35.7. The van der Waals surface area contributed by atoms with Crippen LogP contribution in [0.1, 0.15) is 111 Å². The lowest BCUT2D eigenvalue weighted by atomic mass is 9.75. The van der Waals surface area contributed by atoms with E-state index in [1.54, 1.807) is 52.2 Å². The second-order valence-corrected chi connectivity index (χ2v) is 23.1. The van der Waals surface area contributed by atoms with Crippen LogP contribution >= 0.6 is 11.8 Å². The fourth-order valence-electron chi connectivity index (χ4n) is 11.4. The highest BCUT2D eigenvalue weighted by Crippen LogP contribution is 2.42. The van der Waals surface area contributed by atoms with Crippen molar-refractivity contribution in [1.82, 2.24) is 14.8 Å². The molecule has 7 N–H and O–H groups in total. The van der Waals surface area contributed by atoms with E-state index in [4.69, 9.17) is 37.9 Å². The fourth-order valence-corrected chi connectivity index (χ4v) is 12.3. The van der Waals surface area contributed by atoms with Gasteiger partial charge < -0.3 is 83.4 Å². The van der Waals surface area contributed by atoms with Crippen LogP contribution in [0.15, 0.2) is 33.2 Å². The van der Waals surface area contributed by atoms with E-state index in [0.717, 1.165) is 4.90 Å². The summed E-state index contributed by atoms with van der Waals surface area (Å²) < 4.78 is 52.0. The Bertz CT molecular complexity index is 2440.